The first-order valence-electron chi connectivity index (χ1n) is 9.98. The van der Waals surface area contributed by atoms with Gasteiger partial charge in [-0.25, -0.2) is 0 Å². The minimum Gasteiger partial charge on any atom is -0.494 e. The number of hydrogen-bond donors (Lipinski definition) is 0. The minimum absolute atomic E-state index is 0.109. The SMILES string of the molecule is CC(=O)c1csc2ccc(OCCCN3CCC(c4cccnc4)CC3)cc12. The van der Waals surface area contributed by atoms with Gasteiger partial charge in [0, 0.05) is 40.0 Å². The van der Waals surface area contributed by atoms with Crippen LogP contribution in [0, 0.1) is 0 Å². The van der Waals surface area contributed by atoms with E-state index in [-0.39, 0.29) is 5.78 Å². The van der Waals surface area contributed by atoms with Crippen LogP contribution in [-0.2, 0) is 0 Å². The van der Waals surface area contributed by atoms with Crippen LogP contribution in [0.2, 0.25) is 0 Å². The van der Waals surface area contributed by atoms with Crippen LogP contribution in [0.4, 0.5) is 0 Å². The predicted molar refractivity (Wildman–Crippen MR) is 115 cm³/mol. The Labute approximate surface area is 170 Å². The number of ketones is 1. The summed E-state index contributed by atoms with van der Waals surface area (Å²) in [6, 6.07) is 10.3. The van der Waals surface area contributed by atoms with Crippen molar-refractivity contribution >= 4 is 27.2 Å². The normalized spacial score (nSPS) is 15.8. The van der Waals surface area contributed by atoms with Crippen molar-refractivity contribution in [2.45, 2.75) is 32.1 Å². The summed E-state index contributed by atoms with van der Waals surface area (Å²) in [7, 11) is 0. The van der Waals surface area contributed by atoms with E-state index in [1.807, 2.05) is 42.0 Å². The zero-order valence-electron chi connectivity index (χ0n) is 16.3. The Morgan fingerprint density at radius 3 is 2.89 bits per heavy atom. The maximum atomic E-state index is 11.7. The number of benzene rings is 1. The summed E-state index contributed by atoms with van der Waals surface area (Å²) in [5, 5.41) is 2.94. The number of carbonyl (C=O) groups excluding carboxylic acids is 1. The molecular weight excluding hydrogens is 368 g/mol. The Kier molecular flexibility index (Phi) is 6.03. The molecule has 4 rings (SSSR count). The standard InChI is InChI=1S/C23H26N2O2S/c1-17(26)22-16-28-23-6-5-20(14-21(22)23)27-13-3-10-25-11-7-18(8-12-25)19-4-2-9-24-15-19/h2,4-6,9,14-16,18H,3,7-8,10-13H2,1H3. The topological polar surface area (TPSA) is 42.4 Å². The molecule has 0 unspecified atom stereocenters. The number of Topliss-reactive ketones (excluding diaryl/α,β-unsaturated/α-hetero) is 1. The zero-order valence-corrected chi connectivity index (χ0v) is 17.1. The number of hydrogen-bond acceptors (Lipinski definition) is 5. The maximum absolute atomic E-state index is 11.7. The lowest BCUT2D eigenvalue weighted by Crippen LogP contribution is -2.34. The third-order valence-corrected chi connectivity index (χ3v) is 6.52. The summed E-state index contributed by atoms with van der Waals surface area (Å²) >= 11 is 1.61. The van der Waals surface area contributed by atoms with Crippen LogP contribution in [0.3, 0.4) is 0 Å². The number of ether oxygens (including phenoxy) is 1. The smallest absolute Gasteiger partial charge is 0.161 e. The molecule has 5 heteroatoms. The van der Waals surface area contributed by atoms with Crippen molar-refractivity contribution < 1.29 is 9.53 Å². The molecule has 4 nitrogen and oxygen atoms in total. The summed E-state index contributed by atoms with van der Waals surface area (Å²) in [6.45, 7) is 5.67. The molecule has 0 radical (unpaired) electrons. The van der Waals surface area contributed by atoms with Crippen molar-refractivity contribution in [3.63, 3.8) is 0 Å². The molecule has 146 valence electrons. The second-order valence-corrected chi connectivity index (χ2v) is 8.38. The molecule has 2 aromatic heterocycles. The molecule has 1 fully saturated rings. The number of rotatable bonds is 7. The summed E-state index contributed by atoms with van der Waals surface area (Å²) in [6.07, 6.45) is 7.27. The van der Waals surface area contributed by atoms with E-state index in [0.717, 1.165) is 47.5 Å². The second-order valence-electron chi connectivity index (χ2n) is 7.47. The molecule has 0 bridgehead atoms. The number of thiophene rings is 1. The van der Waals surface area contributed by atoms with Crippen LogP contribution in [0.25, 0.3) is 10.1 Å². The Morgan fingerprint density at radius 2 is 2.14 bits per heavy atom. The van der Waals surface area contributed by atoms with E-state index in [1.165, 1.54) is 18.4 Å². The first-order chi connectivity index (χ1) is 13.7. The number of piperidine rings is 1. The lowest BCUT2D eigenvalue weighted by atomic mass is 9.90. The summed E-state index contributed by atoms with van der Waals surface area (Å²) in [4.78, 5) is 18.5. The van der Waals surface area contributed by atoms with E-state index in [9.17, 15) is 4.79 Å². The third kappa shape index (κ3) is 4.42. The third-order valence-electron chi connectivity index (χ3n) is 5.56. The molecular formula is C23H26N2O2S. The van der Waals surface area contributed by atoms with Crippen LogP contribution in [0.1, 0.15) is 48.0 Å². The van der Waals surface area contributed by atoms with Crippen LogP contribution in [-0.4, -0.2) is 41.9 Å². The van der Waals surface area contributed by atoms with Gasteiger partial charge in [0.2, 0.25) is 0 Å². The highest BCUT2D eigenvalue weighted by atomic mass is 32.1. The molecule has 0 aliphatic carbocycles. The van der Waals surface area contributed by atoms with Crippen LogP contribution in [0.5, 0.6) is 5.75 Å². The predicted octanol–water partition coefficient (Wildman–Crippen LogP) is 5.15. The largest absolute Gasteiger partial charge is 0.494 e. The van der Waals surface area contributed by atoms with E-state index < -0.39 is 0 Å². The summed E-state index contributed by atoms with van der Waals surface area (Å²) in [5.41, 5.74) is 2.17. The monoisotopic (exact) mass is 394 g/mol. The molecule has 3 aromatic rings. The van der Waals surface area contributed by atoms with Gasteiger partial charge in [0.25, 0.3) is 0 Å². The average Bonchev–Trinajstić information content (AvgIpc) is 3.16. The van der Waals surface area contributed by atoms with Gasteiger partial charge in [0.05, 0.1) is 6.61 Å². The van der Waals surface area contributed by atoms with E-state index in [4.69, 9.17) is 4.74 Å². The molecule has 1 aliphatic heterocycles. The van der Waals surface area contributed by atoms with Crippen LogP contribution >= 0.6 is 11.3 Å². The van der Waals surface area contributed by atoms with Gasteiger partial charge in [0.1, 0.15) is 5.75 Å². The fraction of sp³-hybridized carbons (Fsp3) is 0.391. The number of nitrogens with zero attached hydrogens (tertiary/aromatic N) is 2. The van der Waals surface area contributed by atoms with Gasteiger partial charge in [-0.3, -0.25) is 9.78 Å². The Balaban J connectivity index is 1.23. The molecule has 1 saturated heterocycles. The van der Waals surface area contributed by atoms with E-state index in [2.05, 4.69) is 16.0 Å². The van der Waals surface area contributed by atoms with E-state index >= 15 is 0 Å². The minimum atomic E-state index is 0.109. The molecule has 1 aliphatic rings. The van der Waals surface area contributed by atoms with Crippen molar-refractivity contribution in [2.75, 3.05) is 26.2 Å². The highest BCUT2D eigenvalue weighted by Gasteiger charge is 2.20. The molecule has 0 spiro atoms. The molecule has 28 heavy (non-hydrogen) atoms. The van der Waals surface area contributed by atoms with Gasteiger partial charge in [-0.05, 0) is 75.0 Å². The molecule has 1 aromatic carbocycles. The average molecular weight is 395 g/mol. The van der Waals surface area contributed by atoms with Gasteiger partial charge in [-0.15, -0.1) is 11.3 Å². The van der Waals surface area contributed by atoms with Crippen molar-refractivity contribution in [2.24, 2.45) is 0 Å². The number of aromatic nitrogens is 1. The van der Waals surface area contributed by atoms with Crippen molar-refractivity contribution in [3.8, 4) is 5.75 Å². The second kappa shape index (κ2) is 8.84. The lowest BCUT2D eigenvalue weighted by Gasteiger charge is -2.32. The number of likely N-dealkylation sites (tertiary alicyclic amines) is 1. The zero-order chi connectivity index (χ0) is 19.3. The number of fused-ring (bicyclic) bond motifs is 1. The van der Waals surface area contributed by atoms with Crippen molar-refractivity contribution in [3.05, 3.63) is 59.2 Å². The van der Waals surface area contributed by atoms with Crippen molar-refractivity contribution in [1.82, 2.24) is 9.88 Å². The van der Waals surface area contributed by atoms with Gasteiger partial charge >= 0.3 is 0 Å². The van der Waals surface area contributed by atoms with Gasteiger partial charge < -0.3 is 9.64 Å². The quantitative estimate of drug-likeness (QED) is 0.411. The summed E-state index contributed by atoms with van der Waals surface area (Å²) < 4.78 is 7.09. The van der Waals surface area contributed by atoms with E-state index in [0.29, 0.717) is 12.5 Å². The molecule has 0 amide bonds. The fourth-order valence-electron chi connectivity index (χ4n) is 3.96. The number of carbonyl (C=O) groups is 1. The Hall–Kier alpha value is -2.24. The first kappa shape index (κ1) is 19.1. The Bertz CT molecular complexity index is 930. The Morgan fingerprint density at radius 1 is 1.29 bits per heavy atom. The fourth-order valence-corrected chi connectivity index (χ4v) is 4.94. The van der Waals surface area contributed by atoms with Gasteiger partial charge in [-0.2, -0.15) is 0 Å². The van der Waals surface area contributed by atoms with E-state index in [1.54, 1.807) is 18.3 Å². The number of pyridine rings is 1. The molecule has 0 atom stereocenters. The lowest BCUT2D eigenvalue weighted by molar-refractivity contribution is 0.101. The van der Waals surface area contributed by atoms with Gasteiger partial charge in [-0.1, -0.05) is 6.07 Å². The maximum Gasteiger partial charge on any atom is 0.161 e. The van der Waals surface area contributed by atoms with Crippen molar-refractivity contribution in [1.29, 1.82) is 0 Å². The summed E-state index contributed by atoms with van der Waals surface area (Å²) in [5.74, 6) is 1.61. The van der Waals surface area contributed by atoms with Crippen LogP contribution < -0.4 is 4.74 Å². The van der Waals surface area contributed by atoms with Crippen LogP contribution in [0.15, 0.2) is 48.1 Å². The first-order valence-corrected chi connectivity index (χ1v) is 10.9. The molecule has 0 N–H and O–H groups in total. The highest BCUT2D eigenvalue weighted by Crippen LogP contribution is 2.30. The molecule has 3 heterocycles. The highest BCUT2D eigenvalue weighted by molar-refractivity contribution is 7.17. The molecule has 0 saturated carbocycles. The van der Waals surface area contributed by atoms with Gasteiger partial charge in [0.15, 0.2) is 5.78 Å².